The normalized spacial score (nSPS) is 14.1. The summed E-state index contributed by atoms with van der Waals surface area (Å²) in [6.45, 7) is 3.02. The van der Waals surface area contributed by atoms with Gasteiger partial charge >= 0.3 is 11.8 Å². The molecular formula is C24H23N5O5S. The topological polar surface area (TPSA) is 131 Å². The largest absolute Gasteiger partial charge is 0.356 e. The van der Waals surface area contributed by atoms with E-state index in [0.717, 1.165) is 24.8 Å². The summed E-state index contributed by atoms with van der Waals surface area (Å²) in [5.74, 6) is 0.329. The summed E-state index contributed by atoms with van der Waals surface area (Å²) < 4.78 is 39.3. The molecule has 0 spiro atoms. The summed E-state index contributed by atoms with van der Waals surface area (Å²) >= 11 is 0. The van der Waals surface area contributed by atoms with E-state index in [0.29, 0.717) is 35.7 Å². The monoisotopic (exact) mass is 493 g/mol. The van der Waals surface area contributed by atoms with Crippen LogP contribution in [0.2, 0.25) is 0 Å². The molecule has 180 valence electrons. The fourth-order valence-corrected chi connectivity index (χ4v) is 5.30. The van der Waals surface area contributed by atoms with Gasteiger partial charge in [-0.3, -0.25) is 9.52 Å². The lowest BCUT2D eigenvalue weighted by Crippen LogP contribution is -2.35. The average Bonchev–Trinajstić information content (AvgIpc) is 3.58. The van der Waals surface area contributed by atoms with Crippen molar-refractivity contribution in [2.45, 2.75) is 31.1 Å². The Morgan fingerprint density at radius 1 is 0.971 bits per heavy atom. The number of piperidine rings is 1. The van der Waals surface area contributed by atoms with Crippen LogP contribution in [0, 0.1) is 6.92 Å². The maximum absolute atomic E-state index is 13.2. The van der Waals surface area contributed by atoms with Gasteiger partial charge in [0.25, 0.3) is 10.0 Å². The summed E-state index contributed by atoms with van der Waals surface area (Å²) in [6, 6.07) is 13.3. The molecule has 0 radical (unpaired) electrons. The number of aryl methyl sites for hydroxylation is 1. The molecule has 0 atom stereocenters. The molecule has 3 heterocycles. The Bertz CT molecular complexity index is 1440. The zero-order valence-corrected chi connectivity index (χ0v) is 19.8. The average molecular weight is 494 g/mol. The maximum atomic E-state index is 13.2. The van der Waals surface area contributed by atoms with Crippen molar-refractivity contribution in [3.8, 4) is 22.7 Å². The van der Waals surface area contributed by atoms with Crippen LogP contribution in [0.5, 0.6) is 0 Å². The van der Waals surface area contributed by atoms with Crippen LogP contribution in [0.15, 0.2) is 68.7 Å². The van der Waals surface area contributed by atoms with Crippen LogP contribution in [-0.4, -0.2) is 47.6 Å². The highest BCUT2D eigenvalue weighted by molar-refractivity contribution is 7.92. The second-order valence-electron chi connectivity index (χ2n) is 8.32. The number of rotatable bonds is 6. The molecule has 0 unspecified atom stereocenters. The number of likely N-dealkylation sites (tertiary alicyclic amines) is 1. The lowest BCUT2D eigenvalue weighted by molar-refractivity contribution is 0.0674. The van der Waals surface area contributed by atoms with Crippen molar-refractivity contribution in [3.63, 3.8) is 0 Å². The number of sulfonamides is 1. The molecular weight excluding hydrogens is 470 g/mol. The number of benzene rings is 2. The van der Waals surface area contributed by atoms with E-state index in [1.54, 1.807) is 54.3 Å². The van der Waals surface area contributed by atoms with Gasteiger partial charge in [-0.15, -0.1) is 0 Å². The maximum Gasteiger partial charge on any atom is 0.316 e. The van der Waals surface area contributed by atoms with Gasteiger partial charge in [0.1, 0.15) is 0 Å². The zero-order valence-electron chi connectivity index (χ0n) is 19.0. The number of carbonyl (C=O) groups excluding carboxylic acids is 1. The molecule has 10 nitrogen and oxygen atoms in total. The number of nitrogens with zero attached hydrogens (tertiary/aromatic N) is 4. The third kappa shape index (κ3) is 4.80. The van der Waals surface area contributed by atoms with Crippen LogP contribution < -0.4 is 4.72 Å². The van der Waals surface area contributed by atoms with Gasteiger partial charge in [-0.05, 0) is 62.1 Å². The lowest BCUT2D eigenvalue weighted by atomic mass is 10.1. The van der Waals surface area contributed by atoms with Gasteiger partial charge in [0.15, 0.2) is 5.76 Å². The molecule has 0 bridgehead atoms. The van der Waals surface area contributed by atoms with Gasteiger partial charge in [-0.1, -0.05) is 22.4 Å². The minimum Gasteiger partial charge on any atom is -0.356 e. The van der Waals surface area contributed by atoms with Crippen LogP contribution in [0.4, 0.5) is 5.69 Å². The number of hydrogen-bond acceptors (Lipinski definition) is 8. The summed E-state index contributed by atoms with van der Waals surface area (Å²) in [5, 5.41) is 7.58. The van der Waals surface area contributed by atoms with E-state index in [-0.39, 0.29) is 22.5 Å². The fourth-order valence-electron chi connectivity index (χ4n) is 3.97. The van der Waals surface area contributed by atoms with Crippen molar-refractivity contribution in [1.29, 1.82) is 0 Å². The number of anilines is 1. The molecule has 2 aromatic heterocycles. The van der Waals surface area contributed by atoms with E-state index in [4.69, 9.17) is 9.05 Å². The predicted molar refractivity (Wildman–Crippen MR) is 127 cm³/mol. The molecule has 0 saturated carbocycles. The molecule has 5 rings (SSSR count). The van der Waals surface area contributed by atoms with Gasteiger partial charge in [0.05, 0.1) is 11.1 Å². The molecule has 0 aliphatic carbocycles. The van der Waals surface area contributed by atoms with Crippen LogP contribution in [0.1, 0.15) is 35.5 Å². The van der Waals surface area contributed by atoms with E-state index in [1.165, 1.54) is 12.3 Å². The molecule has 35 heavy (non-hydrogen) atoms. The molecule has 4 aromatic rings. The number of amides is 1. The summed E-state index contributed by atoms with van der Waals surface area (Å²) in [6.07, 6.45) is 4.53. The standard InChI is InChI=1S/C24H23N5O5S/c1-16-5-6-18(22-26-23(34-27-22)24(30)29-13-3-2-4-14-29)15-21(16)35(31,32)28-19-9-7-17(8-10-19)20-11-12-25-33-20/h5-12,15,28H,2-4,13-14H2,1H3. The molecule has 1 fully saturated rings. The van der Waals surface area contributed by atoms with Gasteiger partial charge in [0.2, 0.25) is 5.82 Å². The first kappa shape index (κ1) is 22.8. The molecule has 11 heteroatoms. The molecule has 1 aliphatic rings. The van der Waals surface area contributed by atoms with E-state index < -0.39 is 10.0 Å². The number of carbonyl (C=O) groups is 1. The van der Waals surface area contributed by atoms with Gasteiger partial charge < -0.3 is 13.9 Å². The molecule has 1 saturated heterocycles. The lowest BCUT2D eigenvalue weighted by Gasteiger charge is -2.24. The van der Waals surface area contributed by atoms with Crippen molar-refractivity contribution < 1.29 is 22.3 Å². The quantitative estimate of drug-likeness (QED) is 0.424. The van der Waals surface area contributed by atoms with E-state index in [9.17, 15) is 13.2 Å². The van der Waals surface area contributed by atoms with Gasteiger partial charge in [-0.2, -0.15) is 4.98 Å². The van der Waals surface area contributed by atoms with Gasteiger partial charge in [0, 0.05) is 36.0 Å². The molecule has 1 aliphatic heterocycles. The Hall–Kier alpha value is -3.99. The van der Waals surface area contributed by atoms with E-state index in [2.05, 4.69) is 20.0 Å². The molecule has 2 aromatic carbocycles. The Kier molecular flexibility index (Phi) is 6.08. The van der Waals surface area contributed by atoms with Crippen molar-refractivity contribution in [1.82, 2.24) is 20.2 Å². The Balaban J connectivity index is 1.37. The Morgan fingerprint density at radius 2 is 1.71 bits per heavy atom. The van der Waals surface area contributed by atoms with Crippen LogP contribution in [-0.2, 0) is 10.0 Å². The van der Waals surface area contributed by atoms with E-state index >= 15 is 0 Å². The highest BCUT2D eigenvalue weighted by Crippen LogP contribution is 2.27. The molecule has 1 N–H and O–H groups in total. The second-order valence-corrected chi connectivity index (χ2v) is 9.97. The van der Waals surface area contributed by atoms with Crippen LogP contribution in [0.25, 0.3) is 22.7 Å². The summed E-state index contributed by atoms with van der Waals surface area (Å²) in [5.41, 5.74) is 2.15. The number of nitrogens with one attached hydrogen (secondary N) is 1. The highest BCUT2D eigenvalue weighted by Gasteiger charge is 2.25. The number of hydrogen-bond donors (Lipinski definition) is 1. The van der Waals surface area contributed by atoms with Crippen molar-refractivity contribution in [3.05, 3.63) is 66.2 Å². The smallest absolute Gasteiger partial charge is 0.316 e. The minimum absolute atomic E-state index is 0.0722. The first-order valence-corrected chi connectivity index (χ1v) is 12.7. The Morgan fingerprint density at radius 3 is 2.43 bits per heavy atom. The van der Waals surface area contributed by atoms with Crippen molar-refractivity contribution in [2.75, 3.05) is 17.8 Å². The fraction of sp³-hybridized carbons (Fsp3) is 0.250. The third-order valence-corrected chi connectivity index (χ3v) is 7.37. The zero-order chi connectivity index (χ0) is 24.4. The first-order chi connectivity index (χ1) is 16.9. The van der Waals surface area contributed by atoms with Crippen molar-refractivity contribution >= 4 is 21.6 Å². The summed E-state index contributed by atoms with van der Waals surface area (Å²) in [7, 11) is -3.91. The van der Waals surface area contributed by atoms with Crippen LogP contribution in [0.3, 0.4) is 0 Å². The first-order valence-electron chi connectivity index (χ1n) is 11.2. The van der Waals surface area contributed by atoms with Gasteiger partial charge in [-0.25, -0.2) is 8.42 Å². The van der Waals surface area contributed by atoms with Crippen LogP contribution >= 0.6 is 0 Å². The summed E-state index contributed by atoms with van der Waals surface area (Å²) in [4.78, 5) is 18.6. The second kappa shape index (κ2) is 9.34. The van der Waals surface area contributed by atoms with Crippen molar-refractivity contribution in [2.24, 2.45) is 0 Å². The number of aromatic nitrogens is 3. The SMILES string of the molecule is Cc1ccc(-c2noc(C(=O)N3CCCCC3)n2)cc1S(=O)(=O)Nc1ccc(-c2ccno2)cc1. The van der Waals surface area contributed by atoms with E-state index in [1.807, 2.05) is 0 Å². The third-order valence-electron chi connectivity index (χ3n) is 5.85. The highest BCUT2D eigenvalue weighted by atomic mass is 32.2. The minimum atomic E-state index is -3.91. The predicted octanol–water partition coefficient (Wildman–Crippen LogP) is 4.13. The Labute approximate surface area is 202 Å². The molecule has 1 amide bonds.